The van der Waals surface area contributed by atoms with Crippen molar-refractivity contribution in [1.82, 2.24) is 9.88 Å². The van der Waals surface area contributed by atoms with E-state index < -0.39 is 42.3 Å². The first-order valence-corrected chi connectivity index (χ1v) is 18.4. The number of benzene rings is 1. The van der Waals surface area contributed by atoms with Crippen molar-refractivity contribution in [3.8, 4) is 11.5 Å². The standard InChI is InChI=1S/C40H59N3O10/c1-26(2)30(19-28-12-13-34(49-8)36(20-28)50-18-10-17-48-7)21-32-35(22-31(27(3)4)33(44)14-15-40(5,6)38(41)46)51-24-43(32)39(47)53-25-52-37(45)29-11-9-16-42-23-29/h9,11-13,16,20,23,26-27,30-32,35H,10,14-15,17-19,21-22,24-25H2,1-8H3,(H2,41,46)/t30-,31-,32-,35-/m0/s1. The second-order valence-corrected chi connectivity index (χ2v) is 15.0. The number of hydrogen-bond acceptors (Lipinski definition) is 11. The fraction of sp³-hybridized carbons (Fsp3) is 0.625. The van der Waals surface area contributed by atoms with Gasteiger partial charge in [0.2, 0.25) is 12.7 Å². The third-order valence-corrected chi connectivity index (χ3v) is 10.1. The van der Waals surface area contributed by atoms with E-state index >= 15 is 0 Å². The number of Topliss-reactive ketones (excluding diaryl/α,β-unsaturated/α-hetero) is 1. The van der Waals surface area contributed by atoms with Gasteiger partial charge in [-0.25, -0.2) is 9.59 Å². The van der Waals surface area contributed by atoms with Gasteiger partial charge in [-0.05, 0) is 73.3 Å². The zero-order chi connectivity index (χ0) is 39.1. The maximum Gasteiger partial charge on any atom is 0.414 e. The van der Waals surface area contributed by atoms with E-state index in [2.05, 4.69) is 18.8 Å². The second kappa shape index (κ2) is 20.9. The van der Waals surface area contributed by atoms with Crippen LogP contribution >= 0.6 is 0 Å². The van der Waals surface area contributed by atoms with Crippen molar-refractivity contribution in [3.63, 3.8) is 0 Å². The van der Waals surface area contributed by atoms with Crippen molar-refractivity contribution >= 4 is 23.8 Å². The zero-order valence-corrected chi connectivity index (χ0v) is 32.6. The molecule has 2 N–H and O–H groups in total. The Morgan fingerprint density at radius 1 is 1.00 bits per heavy atom. The number of carbonyl (C=O) groups excluding carboxylic acids is 4. The molecule has 13 nitrogen and oxygen atoms in total. The monoisotopic (exact) mass is 741 g/mol. The first kappa shape index (κ1) is 43.2. The Bertz CT molecular complexity index is 1480. The van der Waals surface area contributed by atoms with Gasteiger partial charge in [-0.3, -0.25) is 19.5 Å². The highest BCUT2D eigenvalue weighted by Gasteiger charge is 2.43. The molecule has 4 atom stereocenters. The summed E-state index contributed by atoms with van der Waals surface area (Å²) >= 11 is 0. The number of ether oxygens (including phenoxy) is 6. The number of pyridine rings is 1. The molecule has 0 aliphatic carbocycles. The van der Waals surface area contributed by atoms with E-state index in [0.717, 1.165) is 12.0 Å². The maximum atomic E-state index is 13.7. The van der Waals surface area contributed by atoms with E-state index in [0.29, 0.717) is 50.4 Å². The third kappa shape index (κ3) is 13.0. The molecule has 0 unspecified atom stereocenters. The molecule has 1 aromatic heterocycles. The summed E-state index contributed by atoms with van der Waals surface area (Å²) in [6, 6.07) is 8.63. The lowest BCUT2D eigenvalue weighted by molar-refractivity contribution is -0.129. The molecule has 294 valence electrons. The van der Waals surface area contributed by atoms with Gasteiger partial charge < -0.3 is 34.2 Å². The summed E-state index contributed by atoms with van der Waals surface area (Å²) in [6.07, 6.45) is 4.63. The van der Waals surface area contributed by atoms with Crippen LogP contribution in [0.3, 0.4) is 0 Å². The number of primary amides is 1. The molecule has 3 rings (SSSR count). The van der Waals surface area contributed by atoms with E-state index in [-0.39, 0.29) is 48.2 Å². The number of ketones is 1. The molecule has 0 radical (unpaired) electrons. The molecule has 1 aliphatic rings. The number of methoxy groups -OCH3 is 2. The molecule has 1 aliphatic heterocycles. The highest BCUT2D eigenvalue weighted by Crippen LogP contribution is 2.36. The summed E-state index contributed by atoms with van der Waals surface area (Å²) in [6.45, 7) is 12.2. The molecule has 13 heteroatoms. The highest BCUT2D eigenvalue weighted by atomic mass is 16.7. The predicted molar refractivity (Wildman–Crippen MR) is 198 cm³/mol. The maximum absolute atomic E-state index is 13.7. The van der Waals surface area contributed by atoms with Gasteiger partial charge in [0.15, 0.2) is 11.5 Å². The van der Waals surface area contributed by atoms with Crippen LogP contribution in [0.2, 0.25) is 0 Å². The Hall–Kier alpha value is -4.23. The fourth-order valence-corrected chi connectivity index (χ4v) is 6.38. The number of hydrogen-bond donors (Lipinski definition) is 1. The Kier molecular flexibility index (Phi) is 17.0. The summed E-state index contributed by atoms with van der Waals surface area (Å²) < 4.78 is 33.7. The highest BCUT2D eigenvalue weighted by molar-refractivity contribution is 5.89. The first-order valence-electron chi connectivity index (χ1n) is 18.4. The van der Waals surface area contributed by atoms with Crippen LogP contribution in [0.25, 0.3) is 0 Å². The molecule has 2 heterocycles. The van der Waals surface area contributed by atoms with Gasteiger partial charge >= 0.3 is 12.1 Å². The largest absolute Gasteiger partial charge is 0.493 e. The molecular weight excluding hydrogens is 682 g/mol. The molecule has 0 saturated carbocycles. The second-order valence-electron chi connectivity index (χ2n) is 15.0. The molecular formula is C40H59N3O10. The summed E-state index contributed by atoms with van der Waals surface area (Å²) in [4.78, 5) is 57.1. The number of aromatic nitrogens is 1. The van der Waals surface area contributed by atoms with Gasteiger partial charge in [-0.15, -0.1) is 0 Å². The molecule has 1 saturated heterocycles. The average molecular weight is 742 g/mol. The van der Waals surface area contributed by atoms with Gasteiger partial charge in [0.25, 0.3) is 0 Å². The Morgan fingerprint density at radius 3 is 2.38 bits per heavy atom. The summed E-state index contributed by atoms with van der Waals surface area (Å²) in [5.41, 5.74) is 6.05. The van der Waals surface area contributed by atoms with Crippen molar-refractivity contribution in [1.29, 1.82) is 0 Å². The predicted octanol–water partition coefficient (Wildman–Crippen LogP) is 6.21. The Morgan fingerprint density at radius 2 is 1.75 bits per heavy atom. The molecule has 1 aromatic carbocycles. The Balaban J connectivity index is 1.84. The van der Waals surface area contributed by atoms with Crippen LogP contribution in [-0.4, -0.2) is 86.7 Å². The van der Waals surface area contributed by atoms with Crippen LogP contribution in [0.1, 0.15) is 89.6 Å². The topological polar surface area (TPSA) is 166 Å². The minimum atomic E-state index is -0.814. The number of carbonyl (C=O) groups is 4. The third-order valence-electron chi connectivity index (χ3n) is 10.1. The summed E-state index contributed by atoms with van der Waals surface area (Å²) in [7, 11) is 3.26. The van der Waals surface area contributed by atoms with Crippen LogP contribution in [0, 0.1) is 29.1 Å². The number of nitrogens with zero attached hydrogens (tertiary/aromatic N) is 2. The number of esters is 1. The van der Waals surface area contributed by atoms with Crippen LogP contribution in [0.4, 0.5) is 4.79 Å². The SMILES string of the molecule is COCCCOc1cc(C[C@@H](C[C@H]2[C@H](C[C@H](C(=O)CCC(C)(C)C(N)=O)C(C)C)OCN2C(=O)OCOC(=O)c2cccnc2)C(C)C)ccc1OC. The molecule has 0 bridgehead atoms. The molecule has 1 fully saturated rings. The van der Waals surface area contributed by atoms with Gasteiger partial charge in [-0.1, -0.05) is 47.6 Å². The summed E-state index contributed by atoms with van der Waals surface area (Å²) in [5, 5.41) is 0. The number of nitrogens with two attached hydrogens (primary N) is 1. The van der Waals surface area contributed by atoms with Crippen molar-refractivity contribution < 1.29 is 47.6 Å². The molecule has 2 aromatic rings. The molecule has 2 amide bonds. The first-order chi connectivity index (χ1) is 25.2. The van der Waals surface area contributed by atoms with Crippen LogP contribution in [0.5, 0.6) is 11.5 Å². The molecule has 0 spiro atoms. The lowest BCUT2D eigenvalue weighted by Gasteiger charge is -2.33. The van der Waals surface area contributed by atoms with Gasteiger partial charge in [0, 0.05) is 50.3 Å². The normalized spacial score (nSPS) is 17.1. The van der Waals surface area contributed by atoms with Crippen LogP contribution in [0.15, 0.2) is 42.7 Å². The van der Waals surface area contributed by atoms with E-state index in [1.54, 1.807) is 40.2 Å². The lowest BCUT2D eigenvalue weighted by atomic mass is 9.78. The van der Waals surface area contributed by atoms with Crippen molar-refractivity contribution in [3.05, 3.63) is 53.9 Å². The van der Waals surface area contributed by atoms with Gasteiger partial charge in [0.1, 0.15) is 12.5 Å². The van der Waals surface area contributed by atoms with Gasteiger partial charge in [0.05, 0.1) is 31.4 Å². The van der Waals surface area contributed by atoms with E-state index in [1.807, 2.05) is 32.0 Å². The summed E-state index contributed by atoms with van der Waals surface area (Å²) in [5.74, 6) is 0.0933. The Labute approximate surface area is 314 Å². The number of amides is 2. The van der Waals surface area contributed by atoms with E-state index in [4.69, 9.17) is 34.2 Å². The van der Waals surface area contributed by atoms with Crippen LogP contribution < -0.4 is 15.2 Å². The lowest BCUT2D eigenvalue weighted by Crippen LogP contribution is -2.43. The quantitative estimate of drug-likeness (QED) is 0.0828. The average Bonchev–Trinajstić information content (AvgIpc) is 3.53. The van der Waals surface area contributed by atoms with Crippen molar-refractivity contribution in [2.45, 2.75) is 92.2 Å². The van der Waals surface area contributed by atoms with Gasteiger partial charge in [-0.2, -0.15) is 0 Å². The smallest absolute Gasteiger partial charge is 0.414 e. The fourth-order valence-electron chi connectivity index (χ4n) is 6.38. The van der Waals surface area contributed by atoms with E-state index in [1.165, 1.54) is 17.3 Å². The van der Waals surface area contributed by atoms with Crippen LogP contribution in [-0.2, 0) is 35.0 Å². The number of rotatable bonds is 22. The van der Waals surface area contributed by atoms with Crippen molar-refractivity contribution in [2.75, 3.05) is 41.0 Å². The minimum absolute atomic E-state index is 0.0150. The zero-order valence-electron chi connectivity index (χ0n) is 32.6. The van der Waals surface area contributed by atoms with Crippen molar-refractivity contribution in [2.24, 2.45) is 34.8 Å². The minimum Gasteiger partial charge on any atom is -0.493 e. The molecule has 53 heavy (non-hydrogen) atoms. The van der Waals surface area contributed by atoms with E-state index in [9.17, 15) is 19.2 Å².